The zero-order chi connectivity index (χ0) is 14.3. The van der Waals surface area contributed by atoms with Gasteiger partial charge >= 0.3 is 12.0 Å². The normalized spacial score (nSPS) is 11.9. The Hall–Kier alpha value is -2.12. The Bertz CT molecular complexity index is 432. The first-order chi connectivity index (χ1) is 9.06. The van der Waals surface area contributed by atoms with Crippen molar-refractivity contribution in [2.75, 3.05) is 0 Å². The van der Waals surface area contributed by atoms with E-state index in [2.05, 4.69) is 20.8 Å². The van der Waals surface area contributed by atoms with E-state index in [1.54, 1.807) is 6.33 Å². The maximum Gasteiger partial charge on any atom is 0.315 e. The maximum absolute atomic E-state index is 11.6. The lowest BCUT2D eigenvalue weighted by Gasteiger charge is -2.15. The summed E-state index contributed by atoms with van der Waals surface area (Å²) >= 11 is 0. The smallest absolute Gasteiger partial charge is 0.315 e. The number of carbonyl (C=O) groups excluding carboxylic acids is 1. The predicted molar refractivity (Wildman–Crippen MR) is 67.4 cm³/mol. The van der Waals surface area contributed by atoms with Gasteiger partial charge in [-0.05, 0) is 13.3 Å². The molecule has 1 aromatic rings. The molecule has 2 amide bonds. The molecule has 0 aliphatic rings. The van der Waals surface area contributed by atoms with Gasteiger partial charge in [-0.3, -0.25) is 4.79 Å². The van der Waals surface area contributed by atoms with Crippen LogP contribution in [-0.4, -0.2) is 37.9 Å². The zero-order valence-electron chi connectivity index (χ0n) is 11.1. The van der Waals surface area contributed by atoms with Crippen molar-refractivity contribution in [3.05, 3.63) is 12.2 Å². The Morgan fingerprint density at radius 1 is 1.47 bits per heavy atom. The number of nitrogens with zero attached hydrogens (tertiary/aromatic N) is 3. The van der Waals surface area contributed by atoms with Gasteiger partial charge < -0.3 is 20.3 Å². The number of carboxylic acids is 1. The van der Waals surface area contributed by atoms with Crippen LogP contribution in [0.2, 0.25) is 0 Å². The average Bonchev–Trinajstić information content (AvgIpc) is 2.82. The Kier molecular flexibility index (Phi) is 5.77. The molecular formula is C11H19N5O3. The third-order valence-electron chi connectivity index (χ3n) is 2.69. The van der Waals surface area contributed by atoms with Crippen molar-refractivity contribution < 1.29 is 14.7 Å². The van der Waals surface area contributed by atoms with Gasteiger partial charge in [-0.15, -0.1) is 10.2 Å². The molecule has 0 fully saturated rings. The quantitative estimate of drug-likeness (QED) is 0.661. The molecule has 0 aliphatic heterocycles. The highest BCUT2D eigenvalue weighted by Gasteiger charge is 2.14. The molecule has 19 heavy (non-hydrogen) atoms. The summed E-state index contributed by atoms with van der Waals surface area (Å²) < 4.78 is 1.81. The minimum atomic E-state index is -0.933. The van der Waals surface area contributed by atoms with Crippen LogP contribution in [0.4, 0.5) is 4.79 Å². The van der Waals surface area contributed by atoms with Crippen molar-refractivity contribution in [2.24, 2.45) is 0 Å². The van der Waals surface area contributed by atoms with Gasteiger partial charge in [-0.2, -0.15) is 0 Å². The molecule has 0 saturated carbocycles. The van der Waals surface area contributed by atoms with Crippen LogP contribution in [0, 0.1) is 0 Å². The van der Waals surface area contributed by atoms with Gasteiger partial charge in [-0.25, -0.2) is 4.79 Å². The van der Waals surface area contributed by atoms with E-state index in [-0.39, 0.29) is 19.0 Å². The molecule has 0 aromatic carbocycles. The highest BCUT2D eigenvalue weighted by Crippen LogP contribution is 1.98. The Morgan fingerprint density at radius 2 is 2.21 bits per heavy atom. The van der Waals surface area contributed by atoms with E-state index >= 15 is 0 Å². The molecule has 1 aromatic heterocycles. The van der Waals surface area contributed by atoms with E-state index < -0.39 is 12.0 Å². The molecule has 1 atom stereocenters. The summed E-state index contributed by atoms with van der Waals surface area (Å²) in [6.45, 7) is 4.75. The molecule has 0 bridgehead atoms. The highest BCUT2D eigenvalue weighted by molar-refractivity contribution is 5.75. The van der Waals surface area contributed by atoms with Gasteiger partial charge in [0.2, 0.25) is 0 Å². The summed E-state index contributed by atoms with van der Waals surface area (Å²) in [5, 5.41) is 21.6. The number of aromatic nitrogens is 3. The van der Waals surface area contributed by atoms with Crippen molar-refractivity contribution in [3.8, 4) is 0 Å². The fraction of sp³-hybridized carbons (Fsp3) is 0.636. The van der Waals surface area contributed by atoms with Crippen LogP contribution in [0.3, 0.4) is 0 Å². The topological polar surface area (TPSA) is 109 Å². The fourth-order valence-corrected chi connectivity index (χ4v) is 1.58. The number of carbonyl (C=O) groups is 2. The van der Waals surface area contributed by atoms with Crippen LogP contribution >= 0.6 is 0 Å². The molecule has 1 heterocycles. The fourth-order valence-electron chi connectivity index (χ4n) is 1.58. The average molecular weight is 269 g/mol. The number of rotatable bonds is 7. The van der Waals surface area contributed by atoms with E-state index in [0.717, 1.165) is 6.54 Å². The molecule has 8 heteroatoms. The van der Waals surface area contributed by atoms with E-state index in [1.165, 1.54) is 0 Å². The van der Waals surface area contributed by atoms with Gasteiger partial charge in [0.25, 0.3) is 0 Å². The van der Waals surface area contributed by atoms with Crippen LogP contribution in [0.15, 0.2) is 6.33 Å². The summed E-state index contributed by atoms with van der Waals surface area (Å²) in [6, 6.07) is -0.778. The first-order valence-corrected chi connectivity index (χ1v) is 6.19. The zero-order valence-corrected chi connectivity index (χ0v) is 11.1. The largest absolute Gasteiger partial charge is 0.481 e. The number of urea groups is 1. The second-order valence-corrected chi connectivity index (χ2v) is 4.06. The first-order valence-electron chi connectivity index (χ1n) is 6.19. The van der Waals surface area contributed by atoms with Gasteiger partial charge in [0.15, 0.2) is 5.82 Å². The van der Waals surface area contributed by atoms with Crippen LogP contribution in [0.5, 0.6) is 0 Å². The molecule has 106 valence electrons. The van der Waals surface area contributed by atoms with E-state index in [9.17, 15) is 9.59 Å². The predicted octanol–water partition coefficient (Wildman–Crippen LogP) is 0.350. The van der Waals surface area contributed by atoms with Crippen LogP contribution < -0.4 is 10.6 Å². The van der Waals surface area contributed by atoms with Crippen molar-refractivity contribution in [3.63, 3.8) is 0 Å². The monoisotopic (exact) mass is 269 g/mol. The van der Waals surface area contributed by atoms with E-state index in [1.807, 2.05) is 18.4 Å². The van der Waals surface area contributed by atoms with Crippen molar-refractivity contribution in [2.45, 2.75) is 45.8 Å². The number of hydrogen-bond donors (Lipinski definition) is 3. The summed E-state index contributed by atoms with van der Waals surface area (Å²) in [5.41, 5.74) is 0. The molecule has 0 spiro atoms. The number of nitrogens with one attached hydrogen (secondary N) is 2. The Labute approximate surface area is 111 Å². The lowest BCUT2D eigenvalue weighted by Crippen LogP contribution is -2.42. The number of amides is 2. The lowest BCUT2D eigenvalue weighted by atomic mass is 10.1. The molecule has 0 saturated heterocycles. The van der Waals surface area contributed by atoms with Gasteiger partial charge in [0, 0.05) is 12.6 Å². The molecule has 0 aliphatic carbocycles. The van der Waals surface area contributed by atoms with Crippen LogP contribution in [0.1, 0.15) is 32.5 Å². The lowest BCUT2D eigenvalue weighted by molar-refractivity contribution is -0.137. The van der Waals surface area contributed by atoms with Gasteiger partial charge in [0.1, 0.15) is 6.33 Å². The second kappa shape index (κ2) is 7.34. The number of aliphatic carboxylic acids is 1. The molecular weight excluding hydrogens is 250 g/mol. The summed E-state index contributed by atoms with van der Waals surface area (Å²) in [4.78, 5) is 22.2. The number of carboxylic acid groups (broad SMARTS) is 1. The Balaban J connectivity index is 2.40. The standard InChI is InChI=1S/C11H19N5O3/c1-3-8(5-10(17)18)14-11(19)12-6-9-15-13-7-16(9)4-2/h7-8H,3-6H2,1-2H3,(H,17,18)(H2,12,14,19). The molecule has 1 rings (SSSR count). The summed E-state index contributed by atoms with van der Waals surface area (Å²) in [5.74, 6) is -0.276. The second-order valence-electron chi connectivity index (χ2n) is 4.06. The van der Waals surface area contributed by atoms with Crippen LogP contribution in [0.25, 0.3) is 0 Å². The third-order valence-corrected chi connectivity index (χ3v) is 2.69. The molecule has 8 nitrogen and oxygen atoms in total. The van der Waals surface area contributed by atoms with E-state index in [0.29, 0.717) is 12.2 Å². The summed E-state index contributed by atoms with van der Waals surface area (Å²) in [6.07, 6.45) is 2.06. The number of aryl methyl sites for hydroxylation is 1. The minimum Gasteiger partial charge on any atom is -0.481 e. The summed E-state index contributed by atoms with van der Waals surface area (Å²) in [7, 11) is 0. The first kappa shape index (κ1) is 14.9. The van der Waals surface area contributed by atoms with Gasteiger partial charge in [-0.1, -0.05) is 6.92 Å². The van der Waals surface area contributed by atoms with E-state index in [4.69, 9.17) is 5.11 Å². The molecule has 0 radical (unpaired) electrons. The van der Waals surface area contributed by atoms with Crippen molar-refractivity contribution >= 4 is 12.0 Å². The molecule has 3 N–H and O–H groups in total. The SMILES string of the molecule is CCC(CC(=O)O)NC(=O)NCc1nncn1CC. The van der Waals surface area contributed by atoms with Gasteiger partial charge in [0.05, 0.1) is 13.0 Å². The maximum atomic E-state index is 11.6. The highest BCUT2D eigenvalue weighted by atomic mass is 16.4. The molecule has 1 unspecified atom stereocenters. The van der Waals surface area contributed by atoms with Crippen LogP contribution in [-0.2, 0) is 17.9 Å². The minimum absolute atomic E-state index is 0.0882. The van der Waals surface area contributed by atoms with Crippen molar-refractivity contribution in [1.82, 2.24) is 25.4 Å². The van der Waals surface area contributed by atoms with Crippen molar-refractivity contribution in [1.29, 1.82) is 0 Å². The number of hydrogen-bond acceptors (Lipinski definition) is 4. The Morgan fingerprint density at radius 3 is 2.79 bits per heavy atom. The third kappa shape index (κ3) is 4.94.